The van der Waals surface area contributed by atoms with Crippen molar-refractivity contribution in [3.63, 3.8) is 0 Å². The van der Waals surface area contributed by atoms with Gasteiger partial charge in [-0.15, -0.1) is 0 Å². The molecular weight excluding hydrogens is 365 g/mol. The molecule has 4 nitrogen and oxygen atoms in total. The molecule has 0 saturated heterocycles. The van der Waals surface area contributed by atoms with E-state index in [1.807, 2.05) is 18.4 Å². The van der Waals surface area contributed by atoms with Crippen LogP contribution in [0.5, 0.6) is 0 Å². The Morgan fingerprint density at radius 2 is 1.46 bits per heavy atom. The number of thioether (sulfide) groups is 1. The molecule has 0 heterocycles. The maximum Gasteiger partial charge on any atom is 0.405 e. The average Bonchev–Trinajstić information content (AvgIpc) is 2.60. The summed E-state index contributed by atoms with van der Waals surface area (Å²) in [6.45, 7) is -1.39. The molecule has 0 fully saturated rings. The zero-order valence-electron chi connectivity index (χ0n) is 13.9. The van der Waals surface area contributed by atoms with Gasteiger partial charge in [0, 0.05) is 22.6 Å². The van der Waals surface area contributed by atoms with E-state index in [2.05, 4.69) is 5.32 Å². The predicted molar refractivity (Wildman–Crippen MR) is 96.4 cm³/mol. The smallest absolute Gasteiger partial charge is 0.343 e. The topological polar surface area (TPSA) is 58.2 Å². The zero-order chi connectivity index (χ0) is 19.2. The van der Waals surface area contributed by atoms with Crippen LogP contribution in [0.3, 0.4) is 0 Å². The van der Waals surface area contributed by atoms with Gasteiger partial charge >= 0.3 is 6.18 Å². The van der Waals surface area contributed by atoms with Crippen LogP contribution in [-0.4, -0.2) is 30.8 Å². The Morgan fingerprint density at radius 3 is 2.00 bits per heavy atom. The Labute approximate surface area is 153 Å². The van der Waals surface area contributed by atoms with Crippen molar-refractivity contribution in [3.8, 4) is 0 Å². The van der Waals surface area contributed by atoms with Gasteiger partial charge in [0.25, 0.3) is 11.8 Å². The monoisotopic (exact) mass is 382 g/mol. The fraction of sp³-hybridized carbons (Fsp3) is 0.222. The van der Waals surface area contributed by atoms with Crippen LogP contribution in [0.25, 0.3) is 0 Å². The van der Waals surface area contributed by atoms with E-state index in [0.717, 1.165) is 11.3 Å². The molecule has 0 aliphatic rings. The Bertz CT molecular complexity index is 760. The van der Waals surface area contributed by atoms with E-state index in [1.165, 1.54) is 24.3 Å². The summed E-state index contributed by atoms with van der Waals surface area (Å²) in [6.07, 6.45) is -2.47. The second kappa shape index (κ2) is 8.75. The van der Waals surface area contributed by atoms with Crippen molar-refractivity contribution in [1.82, 2.24) is 5.32 Å². The summed E-state index contributed by atoms with van der Waals surface area (Å²) in [5.74, 6) is -0.278. The van der Waals surface area contributed by atoms with Crippen LogP contribution in [0.4, 0.5) is 18.9 Å². The van der Waals surface area contributed by atoms with E-state index < -0.39 is 18.6 Å². The van der Waals surface area contributed by atoms with Crippen molar-refractivity contribution in [1.29, 1.82) is 0 Å². The van der Waals surface area contributed by atoms with Crippen molar-refractivity contribution in [3.05, 3.63) is 65.2 Å². The van der Waals surface area contributed by atoms with Crippen molar-refractivity contribution in [2.45, 2.75) is 11.9 Å². The van der Waals surface area contributed by atoms with Gasteiger partial charge in [-0.05, 0) is 48.2 Å². The summed E-state index contributed by atoms with van der Waals surface area (Å²) in [5, 5.41) is 4.46. The van der Waals surface area contributed by atoms with Crippen molar-refractivity contribution < 1.29 is 22.8 Å². The molecular formula is C18H17F3N2O2S. The molecule has 26 heavy (non-hydrogen) atoms. The lowest BCUT2D eigenvalue weighted by atomic mass is 10.1. The number of amides is 2. The van der Waals surface area contributed by atoms with E-state index in [9.17, 15) is 22.8 Å². The molecule has 2 aromatic rings. The van der Waals surface area contributed by atoms with Gasteiger partial charge in [-0.2, -0.15) is 24.9 Å². The number of halogens is 3. The molecule has 0 atom stereocenters. The largest absolute Gasteiger partial charge is 0.405 e. The minimum Gasteiger partial charge on any atom is -0.343 e. The van der Waals surface area contributed by atoms with Gasteiger partial charge in [-0.3, -0.25) is 9.59 Å². The number of hydrogen-bond donors (Lipinski definition) is 2. The number of alkyl halides is 3. The number of carbonyl (C=O) groups is 2. The van der Waals surface area contributed by atoms with Gasteiger partial charge in [-0.1, -0.05) is 12.1 Å². The molecule has 2 N–H and O–H groups in total. The van der Waals surface area contributed by atoms with E-state index in [1.54, 1.807) is 29.2 Å². The predicted octanol–water partition coefficient (Wildman–Crippen LogP) is 4.09. The molecule has 0 saturated carbocycles. The third kappa shape index (κ3) is 6.11. The quantitative estimate of drug-likeness (QED) is 0.791. The molecule has 0 aliphatic carbocycles. The lowest BCUT2D eigenvalue weighted by Crippen LogP contribution is -2.33. The molecule has 0 aliphatic heterocycles. The highest BCUT2D eigenvalue weighted by atomic mass is 32.2. The summed E-state index contributed by atoms with van der Waals surface area (Å²) in [7, 11) is 0. The van der Waals surface area contributed by atoms with Crippen LogP contribution in [0.2, 0.25) is 0 Å². The zero-order valence-corrected chi connectivity index (χ0v) is 14.7. The number of rotatable bonds is 6. The molecule has 2 rings (SSSR count). The Morgan fingerprint density at radius 1 is 0.923 bits per heavy atom. The van der Waals surface area contributed by atoms with Gasteiger partial charge in [-0.25, -0.2) is 0 Å². The first-order chi connectivity index (χ1) is 12.3. The van der Waals surface area contributed by atoms with Crippen LogP contribution in [0, 0.1) is 0 Å². The summed E-state index contributed by atoms with van der Waals surface area (Å²) >= 11 is 1.68. The normalized spacial score (nSPS) is 11.1. The molecule has 2 amide bonds. The summed E-state index contributed by atoms with van der Waals surface area (Å²) in [6, 6.07) is 12.8. The number of carbonyl (C=O) groups excluding carboxylic acids is 2. The lowest BCUT2D eigenvalue weighted by molar-refractivity contribution is -0.123. The van der Waals surface area contributed by atoms with E-state index in [4.69, 9.17) is 0 Å². The highest BCUT2D eigenvalue weighted by Gasteiger charge is 2.27. The minimum atomic E-state index is -4.46. The number of nitrogens with one attached hydrogen (secondary N) is 2. The van der Waals surface area contributed by atoms with Crippen LogP contribution >= 0.6 is 11.8 Å². The molecule has 0 spiro atoms. The van der Waals surface area contributed by atoms with Gasteiger partial charge < -0.3 is 10.6 Å². The summed E-state index contributed by atoms with van der Waals surface area (Å²) in [4.78, 5) is 23.8. The number of anilines is 1. The first-order valence-electron chi connectivity index (χ1n) is 7.63. The first-order valence-corrected chi connectivity index (χ1v) is 9.02. The van der Waals surface area contributed by atoms with Crippen molar-refractivity contribution >= 4 is 29.3 Å². The van der Waals surface area contributed by atoms with E-state index in [0.29, 0.717) is 11.3 Å². The molecule has 0 bridgehead atoms. The van der Waals surface area contributed by atoms with Gasteiger partial charge in [0.15, 0.2) is 0 Å². The Balaban J connectivity index is 1.95. The minimum absolute atomic E-state index is 0.0775. The number of hydrogen-bond acceptors (Lipinski definition) is 3. The molecule has 0 aromatic heterocycles. The summed E-state index contributed by atoms with van der Waals surface area (Å²) < 4.78 is 36.3. The maximum atomic E-state index is 12.2. The standard InChI is InChI=1S/C18H17F3N2O2S/c1-26-10-12-2-4-14(5-3-12)17(25)23-15-8-6-13(7-9-15)16(24)22-11-18(19,20)21/h2-9H,10-11H2,1H3,(H,22,24)(H,23,25). The fourth-order valence-electron chi connectivity index (χ4n) is 2.11. The van der Waals surface area contributed by atoms with Crippen molar-refractivity contribution in [2.75, 3.05) is 18.1 Å². The van der Waals surface area contributed by atoms with Gasteiger partial charge in [0.05, 0.1) is 0 Å². The second-order valence-corrected chi connectivity index (χ2v) is 6.33. The summed E-state index contributed by atoms with van der Waals surface area (Å²) in [5.41, 5.74) is 2.12. The molecule has 138 valence electrons. The first kappa shape index (κ1) is 19.8. The van der Waals surface area contributed by atoms with E-state index in [-0.39, 0.29) is 11.5 Å². The highest BCUT2D eigenvalue weighted by Crippen LogP contribution is 2.15. The third-order valence-corrected chi connectivity index (χ3v) is 4.00. The van der Waals surface area contributed by atoms with E-state index >= 15 is 0 Å². The third-order valence-electron chi connectivity index (χ3n) is 3.38. The van der Waals surface area contributed by atoms with Crippen LogP contribution < -0.4 is 10.6 Å². The fourth-order valence-corrected chi connectivity index (χ4v) is 2.64. The molecule has 0 radical (unpaired) electrons. The van der Waals surface area contributed by atoms with Crippen LogP contribution in [0.15, 0.2) is 48.5 Å². The SMILES string of the molecule is CSCc1ccc(C(=O)Nc2ccc(C(=O)NCC(F)(F)F)cc2)cc1. The molecule has 0 unspecified atom stereocenters. The Hall–Kier alpha value is -2.48. The van der Waals surface area contributed by atoms with Crippen LogP contribution in [0.1, 0.15) is 26.3 Å². The molecule has 8 heteroatoms. The number of benzene rings is 2. The van der Waals surface area contributed by atoms with Crippen molar-refractivity contribution in [2.24, 2.45) is 0 Å². The Kier molecular flexibility index (Phi) is 6.68. The lowest BCUT2D eigenvalue weighted by Gasteiger charge is -2.09. The van der Waals surface area contributed by atoms with Crippen LogP contribution in [-0.2, 0) is 5.75 Å². The highest BCUT2D eigenvalue weighted by molar-refractivity contribution is 7.97. The maximum absolute atomic E-state index is 12.2. The average molecular weight is 382 g/mol. The van der Waals surface area contributed by atoms with Gasteiger partial charge in [0.2, 0.25) is 0 Å². The molecule has 2 aromatic carbocycles. The second-order valence-electron chi connectivity index (χ2n) is 5.46. The van der Waals surface area contributed by atoms with Gasteiger partial charge in [0.1, 0.15) is 6.54 Å².